The van der Waals surface area contributed by atoms with Gasteiger partial charge in [0.05, 0.1) is 22.1 Å². The van der Waals surface area contributed by atoms with Gasteiger partial charge in [0.1, 0.15) is 0 Å². The molecule has 96 valence electrons. The summed E-state index contributed by atoms with van der Waals surface area (Å²) < 4.78 is 2.92. The van der Waals surface area contributed by atoms with Crippen molar-refractivity contribution in [3.8, 4) is 0 Å². The van der Waals surface area contributed by atoms with Gasteiger partial charge in [0, 0.05) is 18.8 Å². The number of benzene rings is 1. The first-order valence-corrected chi connectivity index (χ1v) is 6.69. The summed E-state index contributed by atoms with van der Waals surface area (Å²) in [5.74, 6) is 0. The molecule has 0 saturated heterocycles. The zero-order valence-corrected chi connectivity index (χ0v) is 11.5. The molecule has 0 saturated carbocycles. The number of rotatable bonds is 3. The predicted octanol–water partition coefficient (Wildman–Crippen LogP) is 2.78. The zero-order chi connectivity index (χ0) is 13.2. The van der Waals surface area contributed by atoms with E-state index in [0.717, 1.165) is 26.6 Å². The maximum Gasteiger partial charge on any atom is 0.204 e. The van der Waals surface area contributed by atoms with Crippen LogP contribution in [0.1, 0.15) is 11.3 Å². The third-order valence-electron chi connectivity index (χ3n) is 2.71. The Morgan fingerprint density at radius 2 is 2.21 bits per heavy atom. The molecule has 0 unspecified atom stereocenters. The summed E-state index contributed by atoms with van der Waals surface area (Å²) in [6.07, 6.45) is 3.69. The first kappa shape index (κ1) is 11.9. The summed E-state index contributed by atoms with van der Waals surface area (Å²) in [6.45, 7) is 1.96. The molecule has 2 aromatic heterocycles. The lowest BCUT2D eigenvalue weighted by Gasteiger charge is -1.91. The van der Waals surface area contributed by atoms with Crippen LogP contribution >= 0.6 is 11.3 Å². The van der Waals surface area contributed by atoms with Crippen LogP contribution in [0.4, 0.5) is 5.13 Å². The minimum absolute atomic E-state index is 0.791. The largest absolute Gasteiger partial charge is 0.275 e. The van der Waals surface area contributed by atoms with E-state index in [1.165, 1.54) is 0 Å². The van der Waals surface area contributed by atoms with E-state index in [1.54, 1.807) is 22.2 Å². The highest BCUT2D eigenvalue weighted by Crippen LogP contribution is 2.25. The van der Waals surface area contributed by atoms with Crippen LogP contribution in [0.25, 0.3) is 10.2 Å². The molecule has 0 radical (unpaired) electrons. The molecule has 0 aliphatic rings. The first-order valence-electron chi connectivity index (χ1n) is 5.87. The average Bonchev–Trinajstić information content (AvgIpc) is 2.92. The Morgan fingerprint density at radius 1 is 1.37 bits per heavy atom. The summed E-state index contributed by atoms with van der Waals surface area (Å²) in [7, 11) is 1.89. The molecular weight excluding hydrogens is 258 g/mol. The Labute approximate surface area is 114 Å². The van der Waals surface area contributed by atoms with Crippen molar-refractivity contribution in [3.05, 3.63) is 41.7 Å². The normalized spacial score (nSPS) is 11.5. The number of fused-ring (bicyclic) bond motifs is 1. The van der Waals surface area contributed by atoms with E-state index in [0.29, 0.717) is 0 Å². The van der Waals surface area contributed by atoms with Crippen molar-refractivity contribution in [2.75, 3.05) is 5.43 Å². The van der Waals surface area contributed by atoms with Gasteiger partial charge in [-0.3, -0.25) is 10.1 Å². The molecule has 0 spiro atoms. The van der Waals surface area contributed by atoms with Crippen LogP contribution in [0.15, 0.2) is 35.6 Å². The predicted molar refractivity (Wildman–Crippen MR) is 78.8 cm³/mol. The molecule has 0 aliphatic carbocycles. The number of hydrazone groups is 1. The maximum absolute atomic E-state index is 4.44. The molecule has 0 atom stereocenters. The number of nitrogens with one attached hydrogen (secondary N) is 1. The van der Waals surface area contributed by atoms with Crippen LogP contribution in [0, 0.1) is 6.92 Å². The maximum atomic E-state index is 4.44. The van der Waals surface area contributed by atoms with E-state index in [9.17, 15) is 0 Å². The van der Waals surface area contributed by atoms with Crippen LogP contribution < -0.4 is 5.43 Å². The molecule has 1 N–H and O–H groups in total. The minimum atomic E-state index is 0.791. The quantitative estimate of drug-likeness (QED) is 0.588. The summed E-state index contributed by atoms with van der Waals surface area (Å²) >= 11 is 1.59. The van der Waals surface area contributed by atoms with Gasteiger partial charge < -0.3 is 0 Å². The number of anilines is 1. The van der Waals surface area contributed by atoms with Crippen LogP contribution in [-0.2, 0) is 7.05 Å². The highest BCUT2D eigenvalue weighted by Gasteiger charge is 2.02. The highest BCUT2D eigenvalue weighted by atomic mass is 32.1. The van der Waals surface area contributed by atoms with Crippen LogP contribution in [0.5, 0.6) is 0 Å². The van der Waals surface area contributed by atoms with Crippen molar-refractivity contribution in [1.82, 2.24) is 14.8 Å². The molecule has 1 aromatic carbocycles. The Hall–Kier alpha value is -2.21. The van der Waals surface area contributed by atoms with Crippen LogP contribution in [0.3, 0.4) is 0 Å². The van der Waals surface area contributed by atoms with Gasteiger partial charge in [0.25, 0.3) is 0 Å². The van der Waals surface area contributed by atoms with Crippen LogP contribution in [-0.4, -0.2) is 21.0 Å². The van der Waals surface area contributed by atoms with Gasteiger partial charge >= 0.3 is 0 Å². The molecule has 0 fully saturated rings. The second-order valence-electron chi connectivity index (χ2n) is 4.20. The van der Waals surface area contributed by atoms with Gasteiger partial charge in [-0.2, -0.15) is 10.2 Å². The fraction of sp³-hybridized carbons (Fsp3) is 0.154. The number of hydrogen-bond donors (Lipinski definition) is 1. The lowest BCUT2D eigenvalue weighted by Crippen LogP contribution is -1.89. The fourth-order valence-corrected chi connectivity index (χ4v) is 2.64. The number of aryl methyl sites for hydroxylation is 2. The zero-order valence-electron chi connectivity index (χ0n) is 10.7. The molecule has 0 bridgehead atoms. The number of para-hydroxylation sites is 1. The molecule has 5 nitrogen and oxygen atoms in total. The molecule has 6 heteroatoms. The van der Waals surface area contributed by atoms with Gasteiger partial charge in [0.2, 0.25) is 5.13 Å². The lowest BCUT2D eigenvalue weighted by molar-refractivity contribution is 0.756. The SMILES string of the molecule is Cc1nn(C)cc1/C=N\Nc1nc2ccccc2s1. The van der Waals surface area contributed by atoms with E-state index in [2.05, 4.69) is 20.6 Å². The van der Waals surface area contributed by atoms with Gasteiger partial charge in [-0.25, -0.2) is 4.98 Å². The van der Waals surface area contributed by atoms with Gasteiger partial charge in [-0.1, -0.05) is 23.5 Å². The second-order valence-corrected chi connectivity index (χ2v) is 5.23. The van der Waals surface area contributed by atoms with E-state index in [1.807, 2.05) is 44.4 Å². The van der Waals surface area contributed by atoms with E-state index in [4.69, 9.17) is 0 Å². The summed E-state index contributed by atoms with van der Waals surface area (Å²) in [4.78, 5) is 4.44. The van der Waals surface area contributed by atoms with E-state index < -0.39 is 0 Å². The summed E-state index contributed by atoms with van der Waals surface area (Å²) in [5.41, 5.74) is 5.90. The molecule has 19 heavy (non-hydrogen) atoms. The lowest BCUT2D eigenvalue weighted by atomic mass is 10.3. The number of aromatic nitrogens is 3. The Kier molecular flexibility index (Phi) is 3.00. The van der Waals surface area contributed by atoms with Gasteiger partial charge in [-0.05, 0) is 19.1 Å². The highest BCUT2D eigenvalue weighted by molar-refractivity contribution is 7.22. The molecule has 3 aromatic rings. The fourth-order valence-electron chi connectivity index (χ4n) is 1.82. The summed E-state index contributed by atoms with van der Waals surface area (Å²) in [5, 5.41) is 9.25. The minimum Gasteiger partial charge on any atom is -0.275 e. The molecule has 0 aliphatic heterocycles. The average molecular weight is 271 g/mol. The molecular formula is C13H13N5S. The third-order valence-corrected chi connectivity index (χ3v) is 3.65. The molecule has 3 rings (SSSR count). The van der Waals surface area contributed by atoms with Crippen molar-refractivity contribution in [2.45, 2.75) is 6.92 Å². The second kappa shape index (κ2) is 4.81. The topological polar surface area (TPSA) is 55.1 Å². The Balaban J connectivity index is 1.77. The smallest absolute Gasteiger partial charge is 0.204 e. The first-order chi connectivity index (χ1) is 9.22. The monoisotopic (exact) mass is 271 g/mol. The molecule has 0 amide bonds. The van der Waals surface area contributed by atoms with Gasteiger partial charge in [-0.15, -0.1) is 0 Å². The van der Waals surface area contributed by atoms with Crippen molar-refractivity contribution in [3.63, 3.8) is 0 Å². The van der Waals surface area contributed by atoms with Gasteiger partial charge in [0.15, 0.2) is 0 Å². The number of nitrogens with zero attached hydrogens (tertiary/aromatic N) is 4. The number of hydrogen-bond acceptors (Lipinski definition) is 5. The number of thiazole rings is 1. The van der Waals surface area contributed by atoms with Crippen molar-refractivity contribution in [2.24, 2.45) is 12.1 Å². The van der Waals surface area contributed by atoms with Crippen molar-refractivity contribution in [1.29, 1.82) is 0 Å². The standard InChI is InChI=1S/C13H13N5S/c1-9-10(8-18(2)17-9)7-14-16-13-15-11-5-3-4-6-12(11)19-13/h3-8H,1-2H3,(H,15,16)/b14-7-. The third kappa shape index (κ3) is 2.48. The Morgan fingerprint density at radius 3 is 2.95 bits per heavy atom. The van der Waals surface area contributed by atoms with Crippen LogP contribution in [0.2, 0.25) is 0 Å². The van der Waals surface area contributed by atoms with Crippen molar-refractivity contribution < 1.29 is 0 Å². The summed E-state index contributed by atoms with van der Waals surface area (Å²) in [6, 6.07) is 8.03. The molecule has 2 heterocycles. The Bertz CT molecular complexity index is 707. The van der Waals surface area contributed by atoms with Crippen molar-refractivity contribution >= 4 is 32.9 Å². The van der Waals surface area contributed by atoms with E-state index in [-0.39, 0.29) is 0 Å². The van der Waals surface area contributed by atoms with E-state index >= 15 is 0 Å².